The fourth-order valence-electron chi connectivity index (χ4n) is 2.52. The maximum atomic E-state index is 12.5. The molecule has 0 radical (unpaired) electrons. The maximum absolute atomic E-state index is 12.5. The van der Waals surface area contributed by atoms with E-state index in [4.69, 9.17) is 4.74 Å². The molecule has 0 N–H and O–H groups in total. The molecule has 4 nitrogen and oxygen atoms in total. The van der Waals surface area contributed by atoms with Crippen LogP contribution in [-0.4, -0.2) is 15.7 Å². The summed E-state index contributed by atoms with van der Waals surface area (Å²) in [4.78, 5) is 12.5. The van der Waals surface area contributed by atoms with E-state index >= 15 is 0 Å². The molecule has 0 aliphatic carbocycles. The Morgan fingerprint density at radius 1 is 1.08 bits per heavy atom. The Kier molecular flexibility index (Phi) is 4.98. The summed E-state index contributed by atoms with van der Waals surface area (Å²) in [5, 5.41) is 4.59. The lowest BCUT2D eigenvalue weighted by atomic mass is 10.1. The molecule has 0 aliphatic heterocycles. The smallest absolute Gasteiger partial charge is 0.344 e. The zero-order chi connectivity index (χ0) is 17.8. The molecular formula is C21H22N2O2. The van der Waals surface area contributed by atoms with Gasteiger partial charge in [0.2, 0.25) is 5.88 Å². The van der Waals surface area contributed by atoms with Gasteiger partial charge >= 0.3 is 5.97 Å². The highest BCUT2D eigenvalue weighted by atomic mass is 16.5. The van der Waals surface area contributed by atoms with E-state index in [-0.39, 0.29) is 11.9 Å². The molecule has 0 saturated heterocycles. The van der Waals surface area contributed by atoms with Crippen LogP contribution in [-0.2, 0) is 6.42 Å². The van der Waals surface area contributed by atoms with Gasteiger partial charge in [-0.1, -0.05) is 51.1 Å². The van der Waals surface area contributed by atoms with Crippen molar-refractivity contribution in [1.29, 1.82) is 0 Å². The molecule has 3 aromatic rings. The molecule has 0 fully saturated rings. The van der Waals surface area contributed by atoms with E-state index in [1.54, 1.807) is 16.8 Å². The van der Waals surface area contributed by atoms with Crippen molar-refractivity contribution in [3.63, 3.8) is 0 Å². The molecule has 1 heterocycles. The van der Waals surface area contributed by atoms with Crippen LogP contribution in [0.5, 0.6) is 5.88 Å². The molecule has 2 aromatic carbocycles. The Labute approximate surface area is 148 Å². The average molecular weight is 334 g/mol. The highest BCUT2D eigenvalue weighted by Crippen LogP contribution is 2.24. The normalized spacial score (nSPS) is 10.9. The third-order valence-corrected chi connectivity index (χ3v) is 4.08. The number of nitrogens with zero attached hydrogens (tertiary/aromatic N) is 2. The third kappa shape index (κ3) is 3.79. The lowest BCUT2D eigenvalue weighted by Crippen LogP contribution is -2.11. The summed E-state index contributed by atoms with van der Waals surface area (Å²) in [6.07, 6.45) is 0.938. The van der Waals surface area contributed by atoms with Crippen LogP contribution in [0.2, 0.25) is 0 Å². The molecular weight excluding hydrogens is 312 g/mol. The summed E-state index contributed by atoms with van der Waals surface area (Å²) in [7, 11) is 0. The van der Waals surface area contributed by atoms with Crippen LogP contribution in [0.25, 0.3) is 5.69 Å². The number of benzene rings is 2. The summed E-state index contributed by atoms with van der Waals surface area (Å²) >= 11 is 0. The molecule has 0 atom stereocenters. The monoisotopic (exact) mass is 334 g/mol. The van der Waals surface area contributed by atoms with Gasteiger partial charge in [-0.25, -0.2) is 9.48 Å². The van der Waals surface area contributed by atoms with Gasteiger partial charge in [0.05, 0.1) is 16.9 Å². The van der Waals surface area contributed by atoms with Crippen molar-refractivity contribution >= 4 is 5.97 Å². The van der Waals surface area contributed by atoms with Crippen molar-refractivity contribution in [3.05, 3.63) is 77.5 Å². The molecule has 0 bridgehead atoms. The molecule has 4 heteroatoms. The molecule has 0 aliphatic rings. The number of para-hydroxylation sites is 1. The number of aryl methyl sites for hydroxylation is 1. The second-order valence-electron chi connectivity index (χ2n) is 6.25. The van der Waals surface area contributed by atoms with Crippen LogP contribution < -0.4 is 4.74 Å². The second kappa shape index (κ2) is 7.34. The number of hydrogen-bond acceptors (Lipinski definition) is 3. The molecule has 1 aromatic heterocycles. The summed E-state index contributed by atoms with van der Waals surface area (Å²) in [6, 6.07) is 19.0. The van der Waals surface area contributed by atoms with Gasteiger partial charge in [-0.2, -0.15) is 5.10 Å². The van der Waals surface area contributed by atoms with E-state index < -0.39 is 0 Å². The van der Waals surface area contributed by atoms with Crippen molar-refractivity contribution in [1.82, 2.24) is 9.78 Å². The highest BCUT2D eigenvalue weighted by molar-refractivity contribution is 5.91. The molecule has 128 valence electrons. The first-order valence-electron chi connectivity index (χ1n) is 8.55. The van der Waals surface area contributed by atoms with Crippen LogP contribution in [0.3, 0.4) is 0 Å². The summed E-state index contributed by atoms with van der Waals surface area (Å²) in [6.45, 7) is 6.21. The van der Waals surface area contributed by atoms with Gasteiger partial charge in [0, 0.05) is 6.07 Å². The van der Waals surface area contributed by atoms with Crippen molar-refractivity contribution in [2.24, 2.45) is 0 Å². The van der Waals surface area contributed by atoms with Crippen molar-refractivity contribution < 1.29 is 9.53 Å². The standard InChI is InChI=1S/C21H22N2O2/c1-4-16-10-12-17(13-11-16)21(24)25-20-14-19(15(2)3)22-23(20)18-8-6-5-7-9-18/h5-15H,4H2,1-3H3. The van der Waals surface area contributed by atoms with Gasteiger partial charge in [0.25, 0.3) is 0 Å². The largest absolute Gasteiger partial charge is 0.404 e. The van der Waals surface area contributed by atoms with Crippen molar-refractivity contribution in [2.45, 2.75) is 33.1 Å². The van der Waals surface area contributed by atoms with E-state index in [1.807, 2.05) is 48.5 Å². The van der Waals surface area contributed by atoms with Gasteiger partial charge in [-0.15, -0.1) is 0 Å². The van der Waals surface area contributed by atoms with Crippen LogP contribution >= 0.6 is 0 Å². The quantitative estimate of drug-likeness (QED) is 0.631. The van der Waals surface area contributed by atoms with Gasteiger partial charge in [-0.05, 0) is 42.2 Å². The zero-order valence-corrected chi connectivity index (χ0v) is 14.8. The number of ether oxygens (including phenoxy) is 1. The Bertz CT molecular complexity index is 849. The number of rotatable bonds is 5. The predicted octanol–water partition coefficient (Wildman–Crippen LogP) is 4.78. The van der Waals surface area contributed by atoms with Crippen LogP contribution in [0.1, 0.15) is 48.3 Å². The number of esters is 1. The molecule has 3 rings (SSSR count). The fourth-order valence-corrected chi connectivity index (χ4v) is 2.52. The minimum absolute atomic E-state index is 0.242. The molecule has 0 spiro atoms. The molecule has 25 heavy (non-hydrogen) atoms. The van der Waals surface area contributed by atoms with E-state index in [0.29, 0.717) is 11.4 Å². The minimum Gasteiger partial charge on any atom is -0.404 e. The Morgan fingerprint density at radius 2 is 1.76 bits per heavy atom. The maximum Gasteiger partial charge on any atom is 0.344 e. The summed E-state index contributed by atoms with van der Waals surface area (Å²) in [5.74, 6) is 0.292. The first-order valence-corrected chi connectivity index (χ1v) is 8.55. The van der Waals surface area contributed by atoms with Gasteiger partial charge in [-0.3, -0.25) is 0 Å². The number of carbonyl (C=O) groups excluding carboxylic acids is 1. The minimum atomic E-state index is -0.380. The summed E-state index contributed by atoms with van der Waals surface area (Å²) in [5.41, 5.74) is 3.46. The van der Waals surface area contributed by atoms with E-state index in [2.05, 4.69) is 25.9 Å². The second-order valence-corrected chi connectivity index (χ2v) is 6.25. The van der Waals surface area contributed by atoms with Crippen LogP contribution in [0.4, 0.5) is 0 Å². The lowest BCUT2D eigenvalue weighted by Gasteiger charge is -2.08. The molecule has 0 saturated carbocycles. The zero-order valence-electron chi connectivity index (χ0n) is 14.8. The molecule has 0 amide bonds. The van der Waals surface area contributed by atoms with E-state index in [0.717, 1.165) is 17.8 Å². The van der Waals surface area contributed by atoms with Crippen molar-refractivity contribution in [3.8, 4) is 11.6 Å². The van der Waals surface area contributed by atoms with Gasteiger partial charge in [0.1, 0.15) is 0 Å². The first kappa shape index (κ1) is 17.0. The first-order chi connectivity index (χ1) is 12.1. The Morgan fingerprint density at radius 3 is 2.36 bits per heavy atom. The Hall–Kier alpha value is -2.88. The lowest BCUT2D eigenvalue weighted by molar-refractivity contribution is 0.0723. The average Bonchev–Trinajstić information content (AvgIpc) is 3.06. The number of hydrogen-bond donors (Lipinski definition) is 0. The number of carbonyl (C=O) groups is 1. The third-order valence-electron chi connectivity index (χ3n) is 4.08. The van der Waals surface area contributed by atoms with E-state index in [1.165, 1.54) is 5.56 Å². The van der Waals surface area contributed by atoms with E-state index in [9.17, 15) is 4.79 Å². The fraction of sp³-hybridized carbons (Fsp3) is 0.238. The topological polar surface area (TPSA) is 44.1 Å². The molecule has 0 unspecified atom stereocenters. The van der Waals surface area contributed by atoms with Gasteiger partial charge in [0.15, 0.2) is 0 Å². The summed E-state index contributed by atoms with van der Waals surface area (Å²) < 4.78 is 7.33. The highest BCUT2D eigenvalue weighted by Gasteiger charge is 2.17. The van der Waals surface area contributed by atoms with Gasteiger partial charge < -0.3 is 4.74 Å². The van der Waals surface area contributed by atoms with Crippen molar-refractivity contribution in [2.75, 3.05) is 0 Å². The van der Waals surface area contributed by atoms with Crippen LogP contribution in [0.15, 0.2) is 60.7 Å². The predicted molar refractivity (Wildman–Crippen MR) is 98.4 cm³/mol. The SMILES string of the molecule is CCc1ccc(C(=O)Oc2cc(C(C)C)nn2-c2ccccc2)cc1. The number of aromatic nitrogens is 2. The van der Waals surface area contributed by atoms with Crippen LogP contribution in [0, 0.1) is 0 Å². The Balaban J connectivity index is 1.91.